The summed E-state index contributed by atoms with van der Waals surface area (Å²) in [6, 6.07) is 28.7. The average molecular weight is 373 g/mol. The molecule has 140 valence electrons. The molecule has 0 N–H and O–H groups in total. The van der Waals surface area contributed by atoms with Crippen molar-refractivity contribution in [2.75, 3.05) is 0 Å². The maximum atomic E-state index is 2.47. The minimum absolute atomic E-state index is 0.456. The van der Waals surface area contributed by atoms with Gasteiger partial charge in [-0.2, -0.15) is 0 Å². The first-order valence-corrected chi connectivity index (χ1v) is 10.5. The summed E-state index contributed by atoms with van der Waals surface area (Å²) in [6.07, 6.45) is 10.2. The Bertz CT molecular complexity index is 1270. The Morgan fingerprint density at radius 1 is 0.828 bits per heavy atom. The zero-order valence-electron chi connectivity index (χ0n) is 16.4. The molecular formula is C28H23N. The van der Waals surface area contributed by atoms with Crippen molar-refractivity contribution < 1.29 is 0 Å². The molecule has 6 rings (SSSR count). The Morgan fingerprint density at radius 3 is 2.48 bits per heavy atom. The third-order valence-corrected chi connectivity index (χ3v) is 6.47. The highest BCUT2D eigenvalue weighted by Crippen LogP contribution is 2.52. The Hall–Kier alpha value is -3.32. The predicted octanol–water partition coefficient (Wildman–Crippen LogP) is 7.41. The van der Waals surface area contributed by atoms with Crippen LogP contribution in [0.5, 0.6) is 0 Å². The molecule has 1 atom stereocenters. The van der Waals surface area contributed by atoms with Crippen LogP contribution in [-0.4, -0.2) is 4.57 Å². The number of para-hydroxylation sites is 2. The van der Waals surface area contributed by atoms with Crippen LogP contribution in [0.15, 0.2) is 103 Å². The molecule has 0 fully saturated rings. The SMILES string of the molecule is C1=CCC(CCC2c3ccccc3-c3c2c2ccccc2n3-c2ccccc2)=C1. The lowest BCUT2D eigenvalue weighted by Gasteiger charge is -2.14. The lowest BCUT2D eigenvalue weighted by Crippen LogP contribution is -1.98. The molecule has 1 unspecified atom stereocenters. The topological polar surface area (TPSA) is 4.93 Å². The van der Waals surface area contributed by atoms with Gasteiger partial charge >= 0.3 is 0 Å². The van der Waals surface area contributed by atoms with Gasteiger partial charge in [-0.3, -0.25) is 0 Å². The van der Waals surface area contributed by atoms with E-state index >= 15 is 0 Å². The highest BCUT2D eigenvalue weighted by molar-refractivity contribution is 5.98. The summed E-state index contributed by atoms with van der Waals surface area (Å²) in [5.41, 5.74) is 9.88. The molecule has 2 aliphatic carbocycles. The summed E-state index contributed by atoms with van der Waals surface area (Å²) >= 11 is 0. The van der Waals surface area contributed by atoms with Crippen molar-refractivity contribution in [2.24, 2.45) is 0 Å². The van der Waals surface area contributed by atoms with Gasteiger partial charge in [0.2, 0.25) is 0 Å². The number of allylic oxidation sites excluding steroid dienone is 4. The Kier molecular flexibility index (Phi) is 3.80. The maximum absolute atomic E-state index is 2.47. The molecule has 1 nitrogen and oxygen atoms in total. The molecule has 0 bridgehead atoms. The minimum Gasteiger partial charge on any atom is -0.309 e. The molecule has 0 spiro atoms. The normalized spacial score (nSPS) is 16.8. The van der Waals surface area contributed by atoms with E-state index in [1.165, 1.54) is 45.4 Å². The largest absolute Gasteiger partial charge is 0.309 e. The predicted molar refractivity (Wildman–Crippen MR) is 122 cm³/mol. The number of aromatic nitrogens is 1. The zero-order chi connectivity index (χ0) is 19.2. The lowest BCUT2D eigenvalue weighted by atomic mass is 9.89. The number of benzene rings is 3. The van der Waals surface area contributed by atoms with Gasteiger partial charge in [0.05, 0.1) is 11.2 Å². The van der Waals surface area contributed by atoms with Crippen LogP contribution in [0.1, 0.15) is 36.3 Å². The van der Waals surface area contributed by atoms with Crippen LogP contribution in [0, 0.1) is 0 Å². The first-order valence-electron chi connectivity index (χ1n) is 10.5. The van der Waals surface area contributed by atoms with Crippen molar-refractivity contribution in [2.45, 2.75) is 25.2 Å². The molecule has 0 saturated heterocycles. The zero-order valence-corrected chi connectivity index (χ0v) is 16.4. The first kappa shape index (κ1) is 16.6. The van der Waals surface area contributed by atoms with E-state index in [0.717, 1.165) is 12.8 Å². The average Bonchev–Trinajstić information content (AvgIpc) is 3.48. The van der Waals surface area contributed by atoms with Gasteiger partial charge in [-0.05, 0) is 48.6 Å². The van der Waals surface area contributed by atoms with Crippen LogP contribution in [0.25, 0.3) is 27.8 Å². The maximum Gasteiger partial charge on any atom is 0.0582 e. The molecule has 1 heterocycles. The van der Waals surface area contributed by atoms with Crippen molar-refractivity contribution in [3.63, 3.8) is 0 Å². The molecule has 0 saturated carbocycles. The van der Waals surface area contributed by atoms with Crippen molar-refractivity contribution in [3.8, 4) is 16.9 Å². The summed E-state index contributed by atoms with van der Waals surface area (Å²) in [5, 5.41) is 1.39. The highest BCUT2D eigenvalue weighted by atomic mass is 15.0. The fourth-order valence-electron chi connectivity index (χ4n) is 5.21. The fraction of sp³-hybridized carbons (Fsp3) is 0.143. The van der Waals surface area contributed by atoms with Crippen molar-refractivity contribution in [1.82, 2.24) is 4.57 Å². The van der Waals surface area contributed by atoms with Gasteiger partial charge in [0.1, 0.15) is 0 Å². The number of rotatable bonds is 4. The smallest absolute Gasteiger partial charge is 0.0582 e. The van der Waals surface area contributed by atoms with E-state index < -0.39 is 0 Å². The second kappa shape index (κ2) is 6.63. The van der Waals surface area contributed by atoms with Gasteiger partial charge in [0, 0.05) is 22.6 Å². The van der Waals surface area contributed by atoms with Crippen LogP contribution in [0.3, 0.4) is 0 Å². The summed E-state index contributed by atoms with van der Waals surface area (Å²) in [7, 11) is 0. The van der Waals surface area contributed by atoms with E-state index in [9.17, 15) is 0 Å². The van der Waals surface area contributed by atoms with Crippen molar-refractivity contribution in [1.29, 1.82) is 0 Å². The summed E-state index contributed by atoms with van der Waals surface area (Å²) in [6.45, 7) is 0. The molecule has 3 aromatic carbocycles. The van der Waals surface area contributed by atoms with E-state index in [-0.39, 0.29) is 0 Å². The lowest BCUT2D eigenvalue weighted by molar-refractivity contribution is 0.723. The summed E-state index contributed by atoms with van der Waals surface area (Å²) in [5.74, 6) is 0.456. The van der Waals surface area contributed by atoms with Crippen LogP contribution < -0.4 is 0 Å². The molecule has 4 aromatic rings. The molecular weight excluding hydrogens is 350 g/mol. The van der Waals surface area contributed by atoms with Gasteiger partial charge in [-0.25, -0.2) is 0 Å². The molecule has 1 heteroatoms. The fourth-order valence-corrected chi connectivity index (χ4v) is 5.21. The third-order valence-electron chi connectivity index (χ3n) is 6.47. The van der Waals surface area contributed by atoms with E-state index in [1.807, 2.05) is 0 Å². The van der Waals surface area contributed by atoms with E-state index in [1.54, 1.807) is 5.57 Å². The molecule has 0 radical (unpaired) electrons. The van der Waals surface area contributed by atoms with E-state index in [0.29, 0.717) is 5.92 Å². The molecule has 29 heavy (non-hydrogen) atoms. The van der Waals surface area contributed by atoms with Crippen molar-refractivity contribution in [3.05, 3.63) is 114 Å². The quantitative estimate of drug-likeness (QED) is 0.351. The minimum atomic E-state index is 0.456. The number of hydrogen-bond acceptors (Lipinski definition) is 0. The van der Waals surface area contributed by atoms with Crippen LogP contribution in [-0.2, 0) is 0 Å². The van der Waals surface area contributed by atoms with Gasteiger partial charge in [0.25, 0.3) is 0 Å². The number of hydrogen-bond donors (Lipinski definition) is 0. The molecule has 2 aliphatic rings. The van der Waals surface area contributed by atoms with Crippen LogP contribution in [0.2, 0.25) is 0 Å². The monoisotopic (exact) mass is 373 g/mol. The number of fused-ring (bicyclic) bond motifs is 5. The van der Waals surface area contributed by atoms with Gasteiger partial charge in [0.15, 0.2) is 0 Å². The summed E-state index contributed by atoms with van der Waals surface area (Å²) in [4.78, 5) is 0. The Morgan fingerprint density at radius 2 is 1.62 bits per heavy atom. The second-order valence-corrected chi connectivity index (χ2v) is 8.09. The highest BCUT2D eigenvalue weighted by Gasteiger charge is 2.34. The first-order chi connectivity index (χ1) is 14.4. The van der Waals surface area contributed by atoms with Crippen molar-refractivity contribution >= 4 is 10.9 Å². The summed E-state index contributed by atoms with van der Waals surface area (Å²) < 4.78 is 2.47. The van der Waals surface area contributed by atoms with Crippen LogP contribution >= 0.6 is 0 Å². The Labute approximate surface area is 171 Å². The third kappa shape index (κ3) is 2.54. The second-order valence-electron chi connectivity index (χ2n) is 8.09. The van der Waals surface area contributed by atoms with Gasteiger partial charge in [-0.1, -0.05) is 84.5 Å². The number of nitrogens with zero attached hydrogens (tertiary/aromatic N) is 1. The molecule has 0 aliphatic heterocycles. The van der Waals surface area contributed by atoms with Gasteiger partial charge < -0.3 is 4.57 Å². The Balaban J connectivity index is 1.59. The standard InChI is InChI=1S/C28H23N/c1-2-12-21(13-3-1)29-26-17-9-8-16-25(26)27-23(19-18-20-10-4-5-11-20)22-14-6-7-15-24(22)28(27)29/h1-10,12-17,23H,11,18-19H2. The molecule has 0 amide bonds. The molecule has 1 aromatic heterocycles. The van der Waals surface area contributed by atoms with E-state index in [2.05, 4.69) is 102 Å². The van der Waals surface area contributed by atoms with Gasteiger partial charge in [-0.15, -0.1) is 0 Å². The van der Waals surface area contributed by atoms with E-state index in [4.69, 9.17) is 0 Å². The van der Waals surface area contributed by atoms with Crippen LogP contribution in [0.4, 0.5) is 0 Å².